The van der Waals surface area contributed by atoms with E-state index in [9.17, 15) is 4.79 Å². The first-order valence-corrected chi connectivity index (χ1v) is 7.92. The number of amides is 1. The van der Waals surface area contributed by atoms with Gasteiger partial charge in [0.25, 0.3) is 5.91 Å². The van der Waals surface area contributed by atoms with Crippen molar-refractivity contribution >= 4 is 11.6 Å². The minimum atomic E-state index is -0.0396. The van der Waals surface area contributed by atoms with Gasteiger partial charge in [0.15, 0.2) is 0 Å². The largest absolute Gasteiger partial charge is 0.306 e. The molecule has 1 unspecified atom stereocenters. The molecule has 2 nitrogen and oxygen atoms in total. The average molecular weight is 285 g/mol. The Hall–Kier alpha value is -1.79. The van der Waals surface area contributed by atoms with Gasteiger partial charge in [-0.3, -0.25) is 4.79 Å². The lowest BCUT2D eigenvalue weighted by Gasteiger charge is -2.28. The van der Waals surface area contributed by atoms with E-state index >= 15 is 0 Å². The summed E-state index contributed by atoms with van der Waals surface area (Å²) in [7, 11) is 0. The molecule has 0 saturated heterocycles. The van der Waals surface area contributed by atoms with Crippen LogP contribution in [0.3, 0.4) is 0 Å². The van der Waals surface area contributed by atoms with E-state index in [0.717, 1.165) is 24.9 Å². The van der Waals surface area contributed by atoms with Crippen LogP contribution in [0.4, 0.5) is 5.69 Å². The maximum atomic E-state index is 12.4. The summed E-state index contributed by atoms with van der Waals surface area (Å²) in [5.74, 6) is -0.0396. The van der Waals surface area contributed by atoms with E-state index in [1.54, 1.807) is 0 Å². The first-order chi connectivity index (χ1) is 10.1. The quantitative estimate of drug-likeness (QED) is 0.378. The summed E-state index contributed by atoms with van der Waals surface area (Å²) < 4.78 is 0. The van der Waals surface area contributed by atoms with Crippen molar-refractivity contribution in [3.05, 3.63) is 48.2 Å². The van der Waals surface area contributed by atoms with Crippen LogP contribution in [0.2, 0.25) is 0 Å². The predicted molar refractivity (Wildman–Crippen MR) is 90.6 cm³/mol. The molecule has 2 heteroatoms. The van der Waals surface area contributed by atoms with Crippen LogP contribution in [0, 0.1) is 0 Å². The average Bonchev–Trinajstić information content (AvgIpc) is 2.48. The zero-order valence-corrected chi connectivity index (χ0v) is 13.6. The van der Waals surface area contributed by atoms with Gasteiger partial charge in [-0.15, -0.1) is 5.73 Å². The smallest absolute Gasteiger partial charge is 0.258 e. The summed E-state index contributed by atoms with van der Waals surface area (Å²) in [5.41, 5.74) is 4.81. The van der Waals surface area contributed by atoms with Crippen LogP contribution >= 0.6 is 0 Å². The van der Waals surface area contributed by atoms with Crippen LogP contribution in [0.25, 0.3) is 0 Å². The molecular formula is C19H27NO. The van der Waals surface area contributed by atoms with Gasteiger partial charge in [0.05, 0.1) is 0 Å². The van der Waals surface area contributed by atoms with Crippen molar-refractivity contribution in [2.24, 2.45) is 0 Å². The Bertz CT molecular complexity index is 500. The molecule has 0 spiro atoms. The summed E-state index contributed by atoms with van der Waals surface area (Å²) in [5, 5.41) is 0. The van der Waals surface area contributed by atoms with Gasteiger partial charge in [-0.25, -0.2) is 0 Å². The Morgan fingerprint density at radius 2 is 2.14 bits per heavy atom. The first kappa shape index (κ1) is 17.3. The first-order valence-electron chi connectivity index (χ1n) is 7.92. The second-order valence-electron chi connectivity index (χ2n) is 5.42. The lowest BCUT2D eigenvalue weighted by atomic mass is 10.1. The van der Waals surface area contributed by atoms with Crippen molar-refractivity contribution in [1.82, 2.24) is 0 Å². The highest BCUT2D eigenvalue weighted by atomic mass is 16.2. The standard InChI is InChI=1S/C19H27NO/c1-5-8-9-12-16(4)20(19(21)11-6-2)18-14-10-13-17(7-3)15-18/h10-11,13-16H,2,5,7-9,12H2,1,3-4H3. The fraction of sp³-hybridized carbons (Fsp3) is 0.474. The van der Waals surface area contributed by atoms with Crippen LogP contribution in [0.5, 0.6) is 0 Å². The molecular weight excluding hydrogens is 258 g/mol. The monoisotopic (exact) mass is 285 g/mol. The molecule has 0 aliphatic rings. The SMILES string of the molecule is C=C=CC(=O)N(c1cccc(CC)c1)C(C)CCCCC. The van der Waals surface area contributed by atoms with Gasteiger partial charge in [-0.1, -0.05) is 51.8 Å². The van der Waals surface area contributed by atoms with Gasteiger partial charge >= 0.3 is 0 Å². The molecule has 0 heterocycles. The Balaban J connectivity index is 3.00. The van der Waals surface area contributed by atoms with Gasteiger partial charge in [0, 0.05) is 17.8 Å². The van der Waals surface area contributed by atoms with Crippen molar-refractivity contribution in [1.29, 1.82) is 0 Å². The molecule has 1 aromatic carbocycles. The van der Waals surface area contributed by atoms with Crippen LogP contribution in [-0.2, 0) is 11.2 Å². The third-order valence-corrected chi connectivity index (χ3v) is 3.73. The zero-order valence-electron chi connectivity index (χ0n) is 13.6. The Kier molecular flexibility index (Phi) is 7.56. The number of nitrogens with zero attached hydrogens (tertiary/aromatic N) is 1. The lowest BCUT2D eigenvalue weighted by molar-refractivity contribution is -0.114. The van der Waals surface area contributed by atoms with Crippen molar-refractivity contribution in [3.8, 4) is 0 Å². The molecule has 0 aromatic heterocycles. The number of aryl methyl sites for hydroxylation is 1. The zero-order chi connectivity index (χ0) is 15.7. The molecule has 21 heavy (non-hydrogen) atoms. The number of rotatable bonds is 8. The number of hydrogen-bond donors (Lipinski definition) is 0. The highest BCUT2D eigenvalue weighted by Crippen LogP contribution is 2.22. The van der Waals surface area contributed by atoms with Crippen LogP contribution in [0.15, 0.2) is 42.7 Å². The van der Waals surface area contributed by atoms with Gasteiger partial charge < -0.3 is 4.90 Å². The topological polar surface area (TPSA) is 20.3 Å². The third kappa shape index (κ3) is 5.24. The molecule has 0 bridgehead atoms. The maximum Gasteiger partial charge on any atom is 0.258 e. The van der Waals surface area contributed by atoms with Gasteiger partial charge in [-0.05, 0) is 37.5 Å². The van der Waals surface area contributed by atoms with Gasteiger partial charge in [0.2, 0.25) is 0 Å². The van der Waals surface area contributed by atoms with Crippen LogP contribution in [-0.4, -0.2) is 11.9 Å². The fourth-order valence-electron chi connectivity index (χ4n) is 2.50. The van der Waals surface area contributed by atoms with Crippen molar-refractivity contribution in [3.63, 3.8) is 0 Å². The third-order valence-electron chi connectivity index (χ3n) is 3.73. The molecule has 0 aliphatic carbocycles. The van der Waals surface area contributed by atoms with Crippen molar-refractivity contribution in [2.75, 3.05) is 4.90 Å². The normalized spacial score (nSPS) is 11.6. The van der Waals surface area contributed by atoms with Crippen LogP contribution < -0.4 is 4.90 Å². The van der Waals surface area contributed by atoms with Crippen LogP contribution in [0.1, 0.15) is 52.0 Å². The van der Waals surface area contributed by atoms with E-state index < -0.39 is 0 Å². The number of anilines is 1. The van der Waals surface area contributed by atoms with Crippen molar-refractivity contribution in [2.45, 2.75) is 58.9 Å². The second kappa shape index (κ2) is 9.20. The molecule has 1 rings (SSSR count). The van der Waals surface area contributed by atoms with Crippen molar-refractivity contribution < 1.29 is 4.79 Å². The summed E-state index contributed by atoms with van der Waals surface area (Å²) in [6.07, 6.45) is 6.96. The Morgan fingerprint density at radius 1 is 1.38 bits per heavy atom. The molecule has 0 fully saturated rings. The molecule has 114 valence electrons. The van der Waals surface area contributed by atoms with E-state index in [1.165, 1.54) is 24.5 Å². The van der Waals surface area contributed by atoms with Gasteiger partial charge in [-0.2, -0.15) is 0 Å². The fourth-order valence-corrected chi connectivity index (χ4v) is 2.50. The molecule has 0 saturated carbocycles. The summed E-state index contributed by atoms with van der Waals surface area (Å²) in [6, 6.07) is 8.40. The number of unbranched alkanes of at least 4 members (excludes halogenated alkanes) is 2. The number of hydrogen-bond acceptors (Lipinski definition) is 1. The van der Waals surface area contributed by atoms with E-state index in [4.69, 9.17) is 0 Å². The molecule has 1 amide bonds. The summed E-state index contributed by atoms with van der Waals surface area (Å²) in [4.78, 5) is 14.3. The minimum absolute atomic E-state index is 0.0396. The second-order valence-corrected chi connectivity index (χ2v) is 5.42. The highest BCUT2D eigenvalue weighted by Gasteiger charge is 2.20. The van der Waals surface area contributed by atoms with E-state index in [2.05, 4.69) is 45.2 Å². The predicted octanol–water partition coefficient (Wildman–Crippen LogP) is 4.89. The lowest BCUT2D eigenvalue weighted by Crippen LogP contribution is -2.37. The molecule has 0 N–H and O–H groups in total. The number of carbonyl (C=O) groups is 1. The Labute approximate surface area is 129 Å². The Morgan fingerprint density at radius 3 is 2.76 bits per heavy atom. The number of benzene rings is 1. The van der Waals surface area contributed by atoms with Gasteiger partial charge in [0.1, 0.15) is 0 Å². The van der Waals surface area contributed by atoms with E-state index in [-0.39, 0.29) is 11.9 Å². The number of carbonyl (C=O) groups excluding carboxylic acids is 1. The molecule has 1 aromatic rings. The maximum absolute atomic E-state index is 12.4. The molecule has 1 atom stereocenters. The van der Waals surface area contributed by atoms with E-state index in [0.29, 0.717) is 0 Å². The van der Waals surface area contributed by atoms with E-state index in [1.807, 2.05) is 17.0 Å². The molecule has 0 aliphatic heterocycles. The molecule has 0 radical (unpaired) electrons. The summed E-state index contributed by atoms with van der Waals surface area (Å²) >= 11 is 0. The summed E-state index contributed by atoms with van der Waals surface area (Å²) in [6.45, 7) is 9.95. The minimum Gasteiger partial charge on any atom is -0.306 e. The highest BCUT2D eigenvalue weighted by molar-refractivity contribution is 6.01.